The molecule has 9 nitrogen and oxygen atoms in total. The first-order valence-electron chi connectivity index (χ1n) is 13.5. The zero-order valence-electron chi connectivity index (χ0n) is 22.2. The highest BCUT2D eigenvalue weighted by molar-refractivity contribution is 5.86. The van der Waals surface area contributed by atoms with Gasteiger partial charge in [-0.05, 0) is 51.5 Å². The van der Waals surface area contributed by atoms with Gasteiger partial charge in [-0.15, -0.1) is 0 Å². The van der Waals surface area contributed by atoms with Crippen LogP contribution in [-0.4, -0.2) is 67.5 Å². The summed E-state index contributed by atoms with van der Waals surface area (Å²) in [4.78, 5) is 24.5. The number of nitrogens with zero attached hydrogens (tertiary/aromatic N) is 6. The number of rotatable bonds is 7. The fraction of sp³-hybridized carbons (Fsp3) is 0.593. The number of hydrogen-bond donors (Lipinski definition) is 2. The third-order valence-electron chi connectivity index (χ3n) is 7.47. The Labute approximate surface area is 225 Å². The highest BCUT2D eigenvalue weighted by Crippen LogP contribution is 2.38. The van der Waals surface area contributed by atoms with Gasteiger partial charge in [0.25, 0.3) is 0 Å². The minimum Gasteiger partial charge on any atom is -0.474 e. The number of ether oxygens (including phenoxy) is 1. The first-order chi connectivity index (χ1) is 18.6. The van der Waals surface area contributed by atoms with E-state index in [2.05, 4.69) is 35.1 Å². The Hall–Kier alpha value is -3.28. The maximum Gasteiger partial charge on any atom is 0.391 e. The lowest BCUT2D eigenvalue weighted by atomic mass is 9.83. The standard InChI is InChI=1S/C27H34F3N7O2/c1-16(13-27(28,29)30)34-26-33-15-22-24(36-26)21(18-3-5-19(38)6-4-18)14-32-25(22)39-20-8-11-37(12-9-20)23-7-10-31-17(2)35-23/h7,10,14-16,18-20,38H,3-6,8-9,11-13H2,1-2H3,(H,33,34,36)/t16-,18-,19-/m0/s1. The minimum atomic E-state index is -4.29. The number of halogens is 3. The molecule has 1 saturated carbocycles. The summed E-state index contributed by atoms with van der Waals surface area (Å²) < 4.78 is 45.0. The van der Waals surface area contributed by atoms with Crippen molar-refractivity contribution in [3.63, 3.8) is 0 Å². The highest BCUT2D eigenvalue weighted by Gasteiger charge is 2.31. The molecule has 5 rings (SSSR count). The number of hydrogen-bond acceptors (Lipinski definition) is 9. The number of piperidine rings is 1. The molecule has 3 aromatic rings. The summed E-state index contributed by atoms with van der Waals surface area (Å²) in [5.74, 6) is 2.35. The Morgan fingerprint density at radius 1 is 1.05 bits per heavy atom. The maximum atomic E-state index is 12.9. The number of aromatic nitrogens is 5. The monoisotopic (exact) mass is 545 g/mol. The summed E-state index contributed by atoms with van der Waals surface area (Å²) in [7, 11) is 0. The van der Waals surface area contributed by atoms with E-state index in [9.17, 15) is 18.3 Å². The molecule has 1 aliphatic heterocycles. The van der Waals surface area contributed by atoms with Gasteiger partial charge in [0.2, 0.25) is 11.8 Å². The lowest BCUT2D eigenvalue weighted by molar-refractivity contribution is -0.136. The van der Waals surface area contributed by atoms with E-state index in [0.717, 1.165) is 56.0 Å². The van der Waals surface area contributed by atoms with Crippen molar-refractivity contribution in [3.05, 3.63) is 36.0 Å². The molecule has 12 heteroatoms. The molecular weight excluding hydrogens is 511 g/mol. The molecule has 2 N–H and O–H groups in total. The summed E-state index contributed by atoms with van der Waals surface area (Å²) in [5, 5.41) is 13.4. The molecule has 0 bridgehead atoms. The first kappa shape index (κ1) is 27.3. The van der Waals surface area contributed by atoms with Crippen LogP contribution < -0.4 is 15.0 Å². The van der Waals surface area contributed by atoms with E-state index in [-0.39, 0.29) is 24.1 Å². The van der Waals surface area contributed by atoms with Crippen molar-refractivity contribution in [3.8, 4) is 5.88 Å². The average molecular weight is 546 g/mol. The van der Waals surface area contributed by atoms with Gasteiger partial charge in [-0.25, -0.2) is 24.9 Å². The van der Waals surface area contributed by atoms with Crippen LogP contribution in [0.25, 0.3) is 10.9 Å². The van der Waals surface area contributed by atoms with Gasteiger partial charge in [0, 0.05) is 56.1 Å². The topological polar surface area (TPSA) is 109 Å². The van der Waals surface area contributed by atoms with E-state index in [1.165, 1.54) is 6.92 Å². The maximum absolute atomic E-state index is 12.9. The van der Waals surface area contributed by atoms with Gasteiger partial charge in [0.05, 0.1) is 23.4 Å². The Bertz CT molecular complexity index is 1280. The number of aliphatic hydroxyl groups excluding tert-OH is 1. The van der Waals surface area contributed by atoms with Gasteiger partial charge in [-0.1, -0.05) is 0 Å². The van der Waals surface area contributed by atoms with Crippen molar-refractivity contribution >= 4 is 22.7 Å². The number of anilines is 2. The average Bonchev–Trinajstić information content (AvgIpc) is 2.89. The van der Waals surface area contributed by atoms with Gasteiger partial charge < -0.3 is 20.1 Å². The molecule has 210 valence electrons. The number of pyridine rings is 1. The van der Waals surface area contributed by atoms with Gasteiger partial charge >= 0.3 is 6.18 Å². The fourth-order valence-electron chi connectivity index (χ4n) is 5.47. The number of aliphatic hydroxyl groups is 1. The number of alkyl halides is 3. The fourth-order valence-corrected chi connectivity index (χ4v) is 5.47. The van der Waals surface area contributed by atoms with Crippen molar-refractivity contribution in [1.82, 2.24) is 24.9 Å². The van der Waals surface area contributed by atoms with E-state index in [1.54, 1.807) is 18.6 Å². The van der Waals surface area contributed by atoms with Crippen molar-refractivity contribution in [2.75, 3.05) is 23.3 Å². The summed E-state index contributed by atoms with van der Waals surface area (Å²) in [6, 6.07) is 1.03. The predicted molar refractivity (Wildman–Crippen MR) is 141 cm³/mol. The smallest absolute Gasteiger partial charge is 0.391 e. The Morgan fingerprint density at radius 3 is 2.49 bits per heavy atom. The van der Waals surface area contributed by atoms with Crippen LogP contribution in [-0.2, 0) is 0 Å². The molecular formula is C27H34F3N7O2. The van der Waals surface area contributed by atoms with Crippen LogP contribution in [0.5, 0.6) is 5.88 Å². The Morgan fingerprint density at radius 2 is 1.79 bits per heavy atom. The zero-order chi connectivity index (χ0) is 27.6. The molecule has 0 spiro atoms. The SMILES string of the molecule is Cc1nccc(N2CCC(Oc3ncc([C@H]4CC[C@H](O)CC4)c4nc(N[C@@H](C)CC(F)(F)F)ncc34)CC2)n1. The van der Waals surface area contributed by atoms with E-state index < -0.39 is 18.6 Å². The summed E-state index contributed by atoms with van der Waals surface area (Å²) in [6.45, 7) is 4.89. The number of nitrogens with one attached hydrogen (secondary N) is 1. The molecule has 0 aromatic carbocycles. The first-order valence-corrected chi connectivity index (χ1v) is 13.5. The van der Waals surface area contributed by atoms with Crippen LogP contribution in [0.2, 0.25) is 0 Å². The number of fused-ring (bicyclic) bond motifs is 1. The van der Waals surface area contributed by atoms with Crippen LogP contribution in [0.15, 0.2) is 24.7 Å². The van der Waals surface area contributed by atoms with Crippen LogP contribution in [0.1, 0.15) is 69.2 Å². The van der Waals surface area contributed by atoms with Crippen LogP contribution in [0.3, 0.4) is 0 Å². The number of aryl methyl sites for hydroxylation is 1. The third-order valence-corrected chi connectivity index (χ3v) is 7.47. The van der Waals surface area contributed by atoms with E-state index in [1.807, 2.05) is 13.0 Å². The molecule has 2 aliphatic rings. The van der Waals surface area contributed by atoms with E-state index in [0.29, 0.717) is 29.6 Å². The van der Waals surface area contributed by atoms with E-state index >= 15 is 0 Å². The molecule has 1 saturated heterocycles. The lowest BCUT2D eigenvalue weighted by Gasteiger charge is -2.33. The molecule has 2 fully saturated rings. The van der Waals surface area contributed by atoms with E-state index in [4.69, 9.17) is 4.74 Å². The summed E-state index contributed by atoms with van der Waals surface area (Å²) in [5.41, 5.74) is 1.54. The molecule has 3 aromatic heterocycles. The zero-order valence-corrected chi connectivity index (χ0v) is 22.2. The summed E-state index contributed by atoms with van der Waals surface area (Å²) >= 11 is 0. The molecule has 39 heavy (non-hydrogen) atoms. The lowest BCUT2D eigenvalue weighted by Crippen LogP contribution is -2.39. The van der Waals surface area contributed by atoms with Gasteiger partial charge in [-0.3, -0.25) is 0 Å². The van der Waals surface area contributed by atoms with Gasteiger partial charge in [0.1, 0.15) is 17.7 Å². The van der Waals surface area contributed by atoms with Crippen molar-refractivity contribution in [2.45, 2.75) is 89.1 Å². The van der Waals surface area contributed by atoms with Crippen molar-refractivity contribution in [1.29, 1.82) is 0 Å². The largest absolute Gasteiger partial charge is 0.474 e. The normalized spacial score (nSPS) is 21.6. The second kappa shape index (κ2) is 11.4. The van der Waals surface area contributed by atoms with Crippen LogP contribution in [0.4, 0.5) is 24.9 Å². The van der Waals surface area contributed by atoms with Gasteiger partial charge in [-0.2, -0.15) is 13.2 Å². The van der Waals surface area contributed by atoms with Crippen LogP contribution in [0, 0.1) is 6.92 Å². The third kappa shape index (κ3) is 6.84. The molecule has 0 unspecified atom stereocenters. The molecule has 1 aliphatic carbocycles. The van der Waals surface area contributed by atoms with Crippen molar-refractivity contribution < 1.29 is 23.0 Å². The van der Waals surface area contributed by atoms with Crippen LogP contribution >= 0.6 is 0 Å². The second-order valence-electron chi connectivity index (χ2n) is 10.6. The van der Waals surface area contributed by atoms with Gasteiger partial charge in [0.15, 0.2) is 0 Å². The molecule has 0 radical (unpaired) electrons. The minimum absolute atomic E-state index is 0.0554. The highest BCUT2D eigenvalue weighted by atomic mass is 19.4. The summed E-state index contributed by atoms with van der Waals surface area (Å²) in [6.07, 6.45) is 4.00. The quantitative estimate of drug-likeness (QED) is 0.427. The Kier molecular flexibility index (Phi) is 8.01. The molecule has 0 amide bonds. The second-order valence-corrected chi connectivity index (χ2v) is 10.6. The Balaban J connectivity index is 1.36. The molecule has 1 atom stereocenters. The van der Waals surface area contributed by atoms with Crippen molar-refractivity contribution in [2.24, 2.45) is 0 Å². The molecule has 4 heterocycles. The predicted octanol–water partition coefficient (Wildman–Crippen LogP) is 4.94.